The topological polar surface area (TPSA) is 51.2 Å². The number of hydrogen-bond acceptors (Lipinski definition) is 4. The van der Waals surface area contributed by atoms with E-state index in [2.05, 4.69) is 33.2 Å². The highest BCUT2D eigenvalue weighted by atomic mass is 16.5. The quantitative estimate of drug-likeness (QED) is 0.622. The van der Waals surface area contributed by atoms with Crippen LogP contribution in [0.25, 0.3) is 5.57 Å². The van der Waals surface area contributed by atoms with Crippen molar-refractivity contribution in [3.8, 4) is 0 Å². The summed E-state index contributed by atoms with van der Waals surface area (Å²) >= 11 is 0. The van der Waals surface area contributed by atoms with Gasteiger partial charge in [-0.3, -0.25) is 9.78 Å². The zero-order valence-corrected chi connectivity index (χ0v) is 13.6. The highest BCUT2D eigenvalue weighted by molar-refractivity contribution is 5.80. The van der Waals surface area contributed by atoms with Crippen molar-refractivity contribution in [2.45, 2.75) is 19.3 Å². The molecule has 0 spiro atoms. The molecule has 1 N–H and O–H groups in total. The van der Waals surface area contributed by atoms with Gasteiger partial charge in [0, 0.05) is 37.1 Å². The summed E-state index contributed by atoms with van der Waals surface area (Å²) in [5.74, 6) is -0.168. The maximum atomic E-state index is 11.2. The van der Waals surface area contributed by atoms with Crippen molar-refractivity contribution in [2.24, 2.45) is 0 Å². The highest BCUT2D eigenvalue weighted by Crippen LogP contribution is 2.26. The lowest BCUT2D eigenvalue weighted by atomic mass is 9.97. The molecule has 0 aliphatic rings. The summed E-state index contributed by atoms with van der Waals surface area (Å²) in [6.45, 7) is 0. The molecule has 0 bridgehead atoms. The highest BCUT2D eigenvalue weighted by Gasteiger charge is 2.06. The van der Waals surface area contributed by atoms with E-state index in [1.165, 1.54) is 7.11 Å². The number of pyridine rings is 1. The van der Waals surface area contributed by atoms with Crippen LogP contribution in [0.2, 0.25) is 0 Å². The van der Waals surface area contributed by atoms with Gasteiger partial charge in [0.25, 0.3) is 0 Å². The first kappa shape index (κ1) is 16.7. The molecule has 0 radical (unpaired) electrons. The number of ether oxygens (including phenoxy) is 1. The van der Waals surface area contributed by atoms with E-state index >= 15 is 0 Å². The van der Waals surface area contributed by atoms with Gasteiger partial charge in [-0.15, -0.1) is 0 Å². The van der Waals surface area contributed by atoms with Gasteiger partial charge in [0.1, 0.15) is 0 Å². The number of allylic oxidation sites excluding steroid dienone is 1. The fourth-order valence-electron chi connectivity index (χ4n) is 2.36. The first-order valence-electron chi connectivity index (χ1n) is 7.70. The summed E-state index contributed by atoms with van der Waals surface area (Å²) < 4.78 is 4.68. The molecule has 0 unspecified atom stereocenters. The largest absolute Gasteiger partial charge is 0.469 e. The average molecular weight is 310 g/mol. The molecule has 0 aliphatic heterocycles. The molecule has 0 aliphatic carbocycles. The normalized spacial score (nSPS) is 11.1. The van der Waals surface area contributed by atoms with E-state index in [0.717, 1.165) is 35.2 Å². The number of unbranched alkanes of at least 4 members (excludes halogenated alkanes) is 1. The Labute approximate surface area is 137 Å². The maximum Gasteiger partial charge on any atom is 0.305 e. The van der Waals surface area contributed by atoms with E-state index in [9.17, 15) is 4.79 Å². The van der Waals surface area contributed by atoms with Gasteiger partial charge < -0.3 is 10.1 Å². The third kappa shape index (κ3) is 4.95. The van der Waals surface area contributed by atoms with Gasteiger partial charge in [-0.25, -0.2) is 0 Å². The monoisotopic (exact) mass is 310 g/mol. The Kier molecular flexibility index (Phi) is 6.36. The molecule has 1 aromatic carbocycles. The Morgan fingerprint density at radius 2 is 2.09 bits per heavy atom. The zero-order valence-electron chi connectivity index (χ0n) is 13.6. The third-order valence-electron chi connectivity index (χ3n) is 3.60. The fraction of sp³-hybridized carbons (Fsp3) is 0.263. The third-order valence-corrected chi connectivity index (χ3v) is 3.60. The van der Waals surface area contributed by atoms with Crippen LogP contribution >= 0.6 is 0 Å². The minimum absolute atomic E-state index is 0.168. The summed E-state index contributed by atoms with van der Waals surface area (Å²) in [7, 11) is 3.32. The zero-order chi connectivity index (χ0) is 16.5. The van der Waals surface area contributed by atoms with Gasteiger partial charge in [0.05, 0.1) is 7.11 Å². The van der Waals surface area contributed by atoms with Crippen LogP contribution in [0.3, 0.4) is 0 Å². The molecule has 4 nitrogen and oxygen atoms in total. The number of carbonyl (C=O) groups is 1. The van der Waals surface area contributed by atoms with E-state index in [1.807, 2.05) is 37.5 Å². The second kappa shape index (κ2) is 8.73. The lowest BCUT2D eigenvalue weighted by Gasteiger charge is -2.10. The second-order valence-corrected chi connectivity index (χ2v) is 5.16. The predicted molar refractivity (Wildman–Crippen MR) is 93.2 cm³/mol. The molecule has 0 saturated carbocycles. The summed E-state index contributed by atoms with van der Waals surface area (Å²) in [6.07, 6.45) is 7.80. The molecule has 0 amide bonds. The molecular weight excluding hydrogens is 288 g/mol. The molecular formula is C19H22N2O2. The van der Waals surface area contributed by atoms with Crippen molar-refractivity contribution in [1.82, 2.24) is 4.98 Å². The summed E-state index contributed by atoms with van der Waals surface area (Å²) in [5, 5.41) is 3.16. The number of methoxy groups -OCH3 is 1. The van der Waals surface area contributed by atoms with Crippen molar-refractivity contribution in [2.75, 3.05) is 19.5 Å². The Morgan fingerprint density at radius 3 is 2.78 bits per heavy atom. The Bertz CT molecular complexity index is 666. The number of carbonyl (C=O) groups excluding carboxylic acids is 1. The van der Waals surface area contributed by atoms with Crippen LogP contribution in [0.5, 0.6) is 0 Å². The van der Waals surface area contributed by atoms with Crippen molar-refractivity contribution in [3.05, 3.63) is 66.0 Å². The minimum Gasteiger partial charge on any atom is -0.469 e. The number of esters is 1. The van der Waals surface area contributed by atoms with Gasteiger partial charge in [-0.2, -0.15) is 0 Å². The number of nitrogens with one attached hydrogen (secondary N) is 1. The lowest BCUT2D eigenvalue weighted by molar-refractivity contribution is -0.140. The first-order valence-corrected chi connectivity index (χ1v) is 7.70. The Hall–Kier alpha value is -2.62. The van der Waals surface area contributed by atoms with E-state index in [1.54, 1.807) is 6.20 Å². The second-order valence-electron chi connectivity index (χ2n) is 5.16. The van der Waals surface area contributed by atoms with Crippen LogP contribution in [-0.2, 0) is 9.53 Å². The van der Waals surface area contributed by atoms with E-state index in [0.29, 0.717) is 6.42 Å². The van der Waals surface area contributed by atoms with Gasteiger partial charge in [-0.1, -0.05) is 24.3 Å². The summed E-state index contributed by atoms with van der Waals surface area (Å²) in [4.78, 5) is 15.4. The average Bonchev–Trinajstić information content (AvgIpc) is 2.62. The molecule has 2 aromatic rings. The van der Waals surface area contributed by atoms with Gasteiger partial charge >= 0.3 is 5.97 Å². The summed E-state index contributed by atoms with van der Waals surface area (Å²) in [5.41, 5.74) is 4.38. The Morgan fingerprint density at radius 1 is 1.26 bits per heavy atom. The van der Waals surface area contributed by atoms with Gasteiger partial charge in [-0.05, 0) is 42.2 Å². The predicted octanol–water partition coefficient (Wildman–Crippen LogP) is 3.90. The van der Waals surface area contributed by atoms with E-state index in [4.69, 9.17) is 0 Å². The van der Waals surface area contributed by atoms with Crippen molar-refractivity contribution in [3.63, 3.8) is 0 Å². The molecule has 23 heavy (non-hydrogen) atoms. The molecule has 4 heteroatoms. The number of benzene rings is 1. The van der Waals surface area contributed by atoms with Gasteiger partial charge in [0.15, 0.2) is 0 Å². The number of hydrogen-bond donors (Lipinski definition) is 1. The Balaban J connectivity index is 2.23. The summed E-state index contributed by atoms with van der Waals surface area (Å²) in [6, 6.07) is 12.2. The standard InChI is InChI=1S/C19H22N2O2/c1-20-17-9-5-7-15(13-17)18(16-8-6-12-21-14-16)10-3-4-11-19(22)23-2/h5-10,12-14,20H,3-4,11H2,1-2H3. The van der Waals surface area contributed by atoms with Crippen molar-refractivity contribution >= 4 is 17.2 Å². The van der Waals surface area contributed by atoms with Crippen LogP contribution in [0.1, 0.15) is 30.4 Å². The lowest BCUT2D eigenvalue weighted by Crippen LogP contribution is -1.99. The van der Waals surface area contributed by atoms with Crippen LogP contribution in [0.4, 0.5) is 5.69 Å². The fourth-order valence-corrected chi connectivity index (χ4v) is 2.36. The number of anilines is 1. The van der Waals surface area contributed by atoms with Crippen LogP contribution in [0.15, 0.2) is 54.9 Å². The molecule has 1 heterocycles. The molecule has 0 saturated heterocycles. The van der Waals surface area contributed by atoms with Gasteiger partial charge in [0.2, 0.25) is 0 Å². The smallest absolute Gasteiger partial charge is 0.305 e. The van der Waals surface area contributed by atoms with E-state index in [-0.39, 0.29) is 5.97 Å². The number of nitrogens with zero attached hydrogens (tertiary/aromatic N) is 1. The number of rotatable bonds is 7. The maximum absolute atomic E-state index is 11.2. The molecule has 0 atom stereocenters. The SMILES string of the molecule is CNc1cccc(C(=CCCCC(=O)OC)c2cccnc2)c1. The van der Waals surface area contributed by atoms with E-state index < -0.39 is 0 Å². The van der Waals surface area contributed by atoms with Crippen molar-refractivity contribution < 1.29 is 9.53 Å². The van der Waals surface area contributed by atoms with Crippen LogP contribution < -0.4 is 5.32 Å². The van der Waals surface area contributed by atoms with Crippen LogP contribution in [-0.4, -0.2) is 25.1 Å². The first-order chi connectivity index (χ1) is 11.2. The number of aromatic nitrogens is 1. The molecule has 0 fully saturated rings. The molecule has 120 valence electrons. The van der Waals surface area contributed by atoms with Crippen molar-refractivity contribution in [1.29, 1.82) is 0 Å². The van der Waals surface area contributed by atoms with Crippen LogP contribution in [0, 0.1) is 0 Å². The minimum atomic E-state index is -0.168. The molecule has 2 rings (SSSR count). The molecule has 1 aromatic heterocycles.